The predicted octanol–water partition coefficient (Wildman–Crippen LogP) is 8.99. The number of hydrogen-bond acceptors (Lipinski definition) is 4. The Bertz CT molecular complexity index is 1070. The van der Waals surface area contributed by atoms with E-state index < -0.39 is 0 Å². The molecule has 0 atom stereocenters. The summed E-state index contributed by atoms with van der Waals surface area (Å²) in [6.45, 7) is 3.93. The van der Waals surface area contributed by atoms with Crippen molar-refractivity contribution in [3.05, 3.63) is 69.4 Å². The number of rotatable bonds is 17. The number of aryl methyl sites for hydroxylation is 2. The Kier molecular flexibility index (Phi) is 14.3. The quantitative estimate of drug-likeness (QED) is 0.0858. The van der Waals surface area contributed by atoms with Crippen molar-refractivity contribution in [1.29, 1.82) is 0 Å². The molecule has 2 rings (SSSR count). The van der Waals surface area contributed by atoms with Gasteiger partial charge in [-0.05, 0) is 63.6 Å². The zero-order valence-corrected chi connectivity index (χ0v) is 23.9. The lowest BCUT2D eigenvalue weighted by molar-refractivity contribution is -0.135. The number of benzene rings is 1. The largest absolute Gasteiger partial charge is 0.407 e. The second kappa shape index (κ2) is 17.2. The minimum atomic E-state index is -0.370. The second-order valence-corrected chi connectivity index (χ2v) is 10.1. The summed E-state index contributed by atoms with van der Waals surface area (Å²) >= 11 is 12.2. The van der Waals surface area contributed by atoms with Gasteiger partial charge in [-0.3, -0.25) is 9.59 Å². The van der Waals surface area contributed by atoms with Crippen LogP contribution in [-0.2, 0) is 11.8 Å². The average molecular weight is 548 g/mol. The summed E-state index contributed by atoms with van der Waals surface area (Å²) in [6, 6.07) is 4.67. The number of carbonyl (C=O) groups excluding carboxylic acids is 2. The summed E-state index contributed by atoms with van der Waals surface area (Å²) in [5, 5.41) is 4.95. The summed E-state index contributed by atoms with van der Waals surface area (Å²) < 4.78 is 7.00. The highest BCUT2D eigenvalue weighted by molar-refractivity contribution is 6.37. The van der Waals surface area contributed by atoms with Gasteiger partial charge < -0.3 is 4.74 Å². The molecule has 5 nitrogen and oxygen atoms in total. The third kappa shape index (κ3) is 10.9. The molecule has 1 aromatic heterocycles. The number of halogens is 2. The minimum absolute atomic E-state index is 0.140. The highest BCUT2D eigenvalue weighted by atomic mass is 35.5. The minimum Gasteiger partial charge on any atom is -0.407 e. The molecule has 0 amide bonds. The highest BCUT2D eigenvalue weighted by Gasteiger charge is 2.26. The van der Waals surface area contributed by atoms with E-state index in [1.165, 1.54) is 36.4 Å². The number of ether oxygens (including phenoxy) is 1. The van der Waals surface area contributed by atoms with E-state index >= 15 is 0 Å². The van der Waals surface area contributed by atoms with E-state index in [2.05, 4.69) is 36.3 Å². The molecule has 0 saturated heterocycles. The maximum absolute atomic E-state index is 13.1. The van der Waals surface area contributed by atoms with E-state index in [9.17, 15) is 9.59 Å². The molecule has 0 bridgehead atoms. The van der Waals surface area contributed by atoms with Crippen molar-refractivity contribution in [2.75, 3.05) is 0 Å². The fourth-order valence-corrected chi connectivity index (χ4v) is 4.56. The van der Waals surface area contributed by atoms with Crippen LogP contribution < -0.4 is 4.74 Å². The Labute approximate surface area is 231 Å². The molecular weight excluding hydrogens is 507 g/mol. The van der Waals surface area contributed by atoms with Crippen LogP contribution in [0.4, 0.5) is 0 Å². The number of carbonyl (C=O) groups is 2. The molecule has 2 aromatic rings. The molecule has 0 spiro atoms. The molecule has 0 unspecified atom stereocenters. The third-order valence-electron chi connectivity index (χ3n) is 6.11. The summed E-state index contributed by atoms with van der Waals surface area (Å²) in [4.78, 5) is 25.6. The molecule has 0 aliphatic heterocycles. The number of allylic oxidation sites excluding steroid dienone is 4. The Hall–Kier alpha value is -2.37. The van der Waals surface area contributed by atoms with E-state index in [0.29, 0.717) is 17.1 Å². The third-order valence-corrected chi connectivity index (χ3v) is 6.66. The van der Waals surface area contributed by atoms with Gasteiger partial charge in [0.1, 0.15) is 5.56 Å². The number of hydrogen-bond donors (Lipinski definition) is 0. The molecule has 0 fully saturated rings. The van der Waals surface area contributed by atoms with Crippen molar-refractivity contribution >= 4 is 35.0 Å². The zero-order valence-electron chi connectivity index (χ0n) is 22.4. The number of aromatic nitrogens is 2. The van der Waals surface area contributed by atoms with Crippen LogP contribution in [0.2, 0.25) is 10.0 Å². The fourth-order valence-electron chi connectivity index (χ4n) is 4.06. The molecule has 0 radical (unpaired) electrons. The fraction of sp³-hybridized carbons (Fsp3) is 0.500. The van der Waals surface area contributed by atoms with Gasteiger partial charge in [-0.2, -0.15) is 5.10 Å². The van der Waals surface area contributed by atoms with Crippen LogP contribution in [0.25, 0.3) is 0 Å². The van der Waals surface area contributed by atoms with E-state index in [4.69, 9.17) is 27.9 Å². The first-order chi connectivity index (χ1) is 17.8. The summed E-state index contributed by atoms with van der Waals surface area (Å²) in [5.41, 5.74) is 0.992. The molecule has 0 saturated carbocycles. The zero-order chi connectivity index (χ0) is 27.0. The Morgan fingerprint density at radius 2 is 1.59 bits per heavy atom. The SMILES string of the molecule is CCCCC/C=C\C/C=C\CCCCCCCC(=O)Oc1c(C(=O)c2ccc(Cl)cc2Cl)c(C)nn1C. The van der Waals surface area contributed by atoms with E-state index in [0.717, 1.165) is 44.9 Å². The van der Waals surface area contributed by atoms with E-state index in [1.54, 1.807) is 26.1 Å². The normalized spacial score (nSPS) is 11.6. The molecule has 1 heterocycles. The predicted molar refractivity (Wildman–Crippen MR) is 153 cm³/mol. The van der Waals surface area contributed by atoms with Crippen LogP contribution in [0.1, 0.15) is 106 Å². The molecule has 0 aliphatic carbocycles. The average Bonchev–Trinajstić information content (AvgIpc) is 3.13. The first-order valence-electron chi connectivity index (χ1n) is 13.4. The maximum atomic E-state index is 13.1. The standard InChI is InChI=1S/C30H40Cl2N2O3/c1-4-5-6-7-8-9-10-11-12-13-14-15-16-17-18-19-27(35)37-30-28(23(2)33-34(30)3)29(36)25-21-20-24(31)22-26(25)32/h8-9,11-12,20-22H,4-7,10,13-19H2,1-3H3/b9-8-,12-11-. The van der Waals surface area contributed by atoms with Crippen LogP contribution in [0.5, 0.6) is 5.88 Å². The van der Waals surface area contributed by atoms with E-state index in [-0.39, 0.29) is 33.8 Å². The summed E-state index contributed by atoms with van der Waals surface area (Å²) in [5.74, 6) is -0.585. The molecule has 7 heteroatoms. The molecule has 202 valence electrons. The highest BCUT2D eigenvalue weighted by Crippen LogP contribution is 2.29. The van der Waals surface area contributed by atoms with Crippen LogP contribution in [-0.4, -0.2) is 21.5 Å². The van der Waals surface area contributed by atoms with Gasteiger partial charge in [0.2, 0.25) is 11.7 Å². The van der Waals surface area contributed by atoms with Crippen molar-refractivity contribution in [2.24, 2.45) is 7.05 Å². The number of esters is 1. The molecule has 37 heavy (non-hydrogen) atoms. The Balaban J connectivity index is 1.69. The molecule has 1 aromatic carbocycles. The van der Waals surface area contributed by atoms with Crippen molar-refractivity contribution in [2.45, 2.75) is 90.9 Å². The molecule has 0 aliphatic rings. The van der Waals surface area contributed by atoms with Gasteiger partial charge in [-0.15, -0.1) is 0 Å². The number of ketones is 1. The molecular formula is C30H40Cl2N2O3. The Morgan fingerprint density at radius 1 is 0.946 bits per heavy atom. The lowest BCUT2D eigenvalue weighted by Gasteiger charge is -2.08. The van der Waals surface area contributed by atoms with E-state index in [1.807, 2.05) is 0 Å². The van der Waals surface area contributed by atoms with Crippen LogP contribution in [0.15, 0.2) is 42.5 Å². The lowest BCUT2D eigenvalue weighted by atomic mass is 10.0. The Morgan fingerprint density at radius 3 is 2.27 bits per heavy atom. The van der Waals surface area contributed by atoms with Gasteiger partial charge in [0.05, 0.1) is 10.7 Å². The first-order valence-corrected chi connectivity index (χ1v) is 14.1. The summed E-state index contributed by atoms with van der Waals surface area (Å²) in [7, 11) is 1.65. The maximum Gasteiger partial charge on any atom is 0.312 e. The van der Waals surface area contributed by atoms with Crippen molar-refractivity contribution in [3.8, 4) is 5.88 Å². The van der Waals surface area contributed by atoms with Gasteiger partial charge in [-0.25, -0.2) is 4.68 Å². The first kappa shape index (κ1) is 30.9. The van der Waals surface area contributed by atoms with Gasteiger partial charge in [0, 0.05) is 24.1 Å². The van der Waals surface area contributed by atoms with Gasteiger partial charge in [0.25, 0.3) is 0 Å². The second-order valence-electron chi connectivity index (χ2n) is 9.30. The monoisotopic (exact) mass is 546 g/mol. The van der Waals surface area contributed by atoms with Crippen LogP contribution in [0, 0.1) is 6.92 Å². The van der Waals surface area contributed by atoms with Gasteiger partial charge in [0.15, 0.2) is 0 Å². The van der Waals surface area contributed by atoms with Crippen molar-refractivity contribution in [3.63, 3.8) is 0 Å². The topological polar surface area (TPSA) is 61.2 Å². The number of unbranched alkanes of at least 4 members (excludes halogenated alkanes) is 8. The van der Waals surface area contributed by atoms with Crippen molar-refractivity contribution < 1.29 is 14.3 Å². The van der Waals surface area contributed by atoms with Crippen LogP contribution >= 0.6 is 23.2 Å². The smallest absolute Gasteiger partial charge is 0.312 e. The van der Waals surface area contributed by atoms with Gasteiger partial charge in [-0.1, -0.05) is 86.5 Å². The molecule has 0 N–H and O–H groups in total. The summed E-state index contributed by atoms with van der Waals surface area (Å²) in [6.07, 6.45) is 21.6. The van der Waals surface area contributed by atoms with Gasteiger partial charge >= 0.3 is 5.97 Å². The van der Waals surface area contributed by atoms with Crippen LogP contribution in [0.3, 0.4) is 0 Å². The number of nitrogens with zero attached hydrogens (tertiary/aromatic N) is 2. The van der Waals surface area contributed by atoms with Crippen molar-refractivity contribution in [1.82, 2.24) is 9.78 Å². The lowest BCUT2D eigenvalue weighted by Crippen LogP contribution is -2.13.